The molecule has 1 unspecified atom stereocenters. The lowest BCUT2D eigenvalue weighted by molar-refractivity contribution is 0.0505. The Kier molecular flexibility index (Phi) is 5.67. The Balaban J connectivity index is 1.89. The van der Waals surface area contributed by atoms with E-state index in [4.69, 9.17) is 4.74 Å². The number of ether oxygens (including phenoxy) is 1. The normalized spacial score (nSPS) is 16.8. The Hall–Kier alpha value is -2.27. The van der Waals surface area contributed by atoms with Crippen molar-refractivity contribution in [1.82, 2.24) is 0 Å². The fourth-order valence-corrected chi connectivity index (χ4v) is 4.24. The molecule has 1 fully saturated rings. The minimum Gasteiger partial charge on any atom is -0.462 e. The first-order valence-electron chi connectivity index (χ1n) is 8.63. The van der Waals surface area contributed by atoms with E-state index in [0.717, 1.165) is 34.7 Å². The van der Waals surface area contributed by atoms with Gasteiger partial charge in [0, 0.05) is 17.1 Å². The number of carbonyl (C=O) groups excluding carboxylic acids is 1. The molecule has 1 aliphatic rings. The number of halogens is 1. The van der Waals surface area contributed by atoms with Gasteiger partial charge in [-0.05, 0) is 54.8 Å². The van der Waals surface area contributed by atoms with Crippen molar-refractivity contribution in [2.45, 2.75) is 25.6 Å². The van der Waals surface area contributed by atoms with E-state index in [1.54, 1.807) is 17.8 Å². The molecule has 0 spiro atoms. The summed E-state index contributed by atoms with van der Waals surface area (Å²) in [4.78, 5) is 14.2. The van der Waals surface area contributed by atoms with Crippen LogP contribution >= 0.6 is 11.8 Å². The van der Waals surface area contributed by atoms with Gasteiger partial charge in [0.2, 0.25) is 0 Å². The summed E-state index contributed by atoms with van der Waals surface area (Å²) in [5.41, 5.74) is 4.55. The van der Waals surface area contributed by atoms with Crippen LogP contribution in [0.25, 0.3) is 0 Å². The first kappa shape index (κ1) is 18.5. The molecule has 3 nitrogen and oxygen atoms in total. The summed E-state index contributed by atoms with van der Waals surface area (Å²) in [7, 11) is 0. The number of hydrogen-bond acceptors (Lipinski definition) is 4. The molecule has 0 radical (unpaired) electrons. The van der Waals surface area contributed by atoms with Crippen LogP contribution in [0.5, 0.6) is 0 Å². The van der Waals surface area contributed by atoms with Crippen molar-refractivity contribution in [3.05, 3.63) is 77.2 Å². The summed E-state index contributed by atoms with van der Waals surface area (Å²) < 4.78 is 18.5. The maximum absolute atomic E-state index is 13.3. The van der Waals surface area contributed by atoms with E-state index in [9.17, 15) is 9.18 Å². The van der Waals surface area contributed by atoms with Crippen LogP contribution in [-0.2, 0) is 4.74 Å². The summed E-state index contributed by atoms with van der Waals surface area (Å²) in [5.74, 6) is 0.265. The molecule has 2 aromatic carbocycles. The van der Waals surface area contributed by atoms with Crippen molar-refractivity contribution in [3.8, 4) is 0 Å². The quantitative estimate of drug-likeness (QED) is 0.652. The number of aryl methyl sites for hydroxylation is 1. The third kappa shape index (κ3) is 3.78. The Morgan fingerprint density at radius 3 is 2.69 bits per heavy atom. The molecule has 0 aromatic heterocycles. The molecule has 0 amide bonds. The third-order valence-electron chi connectivity index (χ3n) is 4.27. The van der Waals surface area contributed by atoms with Gasteiger partial charge in [0.15, 0.2) is 0 Å². The first-order valence-corrected chi connectivity index (χ1v) is 9.68. The smallest absolute Gasteiger partial charge is 0.338 e. The van der Waals surface area contributed by atoms with Crippen LogP contribution in [0.3, 0.4) is 0 Å². The largest absolute Gasteiger partial charge is 0.462 e. The van der Waals surface area contributed by atoms with Gasteiger partial charge >= 0.3 is 5.97 Å². The molecule has 2 aromatic rings. The van der Waals surface area contributed by atoms with Crippen LogP contribution in [0.2, 0.25) is 0 Å². The molecule has 0 saturated carbocycles. The average Bonchev–Trinajstić information content (AvgIpc) is 3.01. The topological polar surface area (TPSA) is 29.5 Å². The lowest BCUT2D eigenvalue weighted by Crippen LogP contribution is -2.21. The molecule has 26 heavy (non-hydrogen) atoms. The minimum atomic E-state index is -0.300. The summed E-state index contributed by atoms with van der Waals surface area (Å²) in [6.45, 7) is 8.55. The number of benzene rings is 2. The predicted molar refractivity (Wildman–Crippen MR) is 105 cm³/mol. The van der Waals surface area contributed by atoms with Crippen LogP contribution in [0.1, 0.15) is 40.2 Å². The highest BCUT2D eigenvalue weighted by Crippen LogP contribution is 2.46. The molecule has 136 valence electrons. The zero-order valence-corrected chi connectivity index (χ0v) is 15.8. The summed E-state index contributed by atoms with van der Waals surface area (Å²) in [6.07, 6.45) is 0.799. The SMILES string of the molecule is C=C1CSC(c2ccc(F)cc2)N1c1ccc(C(=O)OCCC)cc1C. The van der Waals surface area contributed by atoms with Gasteiger partial charge < -0.3 is 9.64 Å². The number of thioether (sulfide) groups is 1. The Morgan fingerprint density at radius 2 is 2.04 bits per heavy atom. The molecule has 0 bridgehead atoms. The van der Waals surface area contributed by atoms with Gasteiger partial charge in [-0.15, -0.1) is 11.8 Å². The second kappa shape index (κ2) is 7.96. The summed E-state index contributed by atoms with van der Waals surface area (Å²) in [5, 5.41) is 0.0414. The van der Waals surface area contributed by atoms with Gasteiger partial charge in [-0.1, -0.05) is 25.6 Å². The Bertz CT molecular complexity index is 819. The molecule has 1 aliphatic heterocycles. The van der Waals surface area contributed by atoms with E-state index in [1.807, 2.05) is 38.1 Å². The molecule has 1 atom stereocenters. The number of nitrogens with zero attached hydrogens (tertiary/aromatic N) is 1. The van der Waals surface area contributed by atoms with Gasteiger partial charge in [-0.25, -0.2) is 9.18 Å². The highest BCUT2D eigenvalue weighted by molar-refractivity contribution is 8.00. The highest BCUT2D eigenvalue weighted by Gasteiger charge is 2.31. The molecule has 3 rings (SSSR count). The third-order valence-corrected chi connectivity index (χ3v) is 5.57. The molecular formula is C21H22FNO2S. The molecule has 5 heteroatoms. The number of rotatable bonds is 5. The van der Waals surface area contributed by atoms with Crippen LogP contribution in [0.4, 0.5) is 10.1 Å². The van der Waals surface area contributed by atoms with E-state index in [2.05, 4.69) is 11.5 Å². The maximum Gasteiger partial charge on any atom is 0.338 e. The van der Waals surface area contributed by atoms with Gasteiger partial charge in [0.25, 0.3) is 0 Å². The van der Waals surface area contributed by atoms with Crippen molar-refractivity contribution in [2.24, 2.45) is 0 Å². The Labute approximate surface area is 157 Å². The second-order valence-electron chi connectivity index (χ2n) is 6.29. The number of hydrogen-bond donors (Lipinski definition) is 0. The Morgan fingerprint density at radius 1 is 1.31 bits per heavy atom. The molecule has 1 heterocycles. The van der Waals surface area contributed by atoms with E-state index in [1.165, 1.54) is 12.1 Å². The second-order valence-corrected chi connectivity index (χ2v) is 7.36. The average molecular weight is 371 g/mol. The van der Waals surface area contributed by atoms with E-state index < -0.39 is 0 Å². The fourth-order valence-electron chi connectivity index (χ4n) is 2.99. The van der Waals surface area contributed by atoms with Crippen molar-refractivity contribution < 1.29 is 13.9 Å². The zero-order chi connectivity index (χ0) is 18.7. The van der Waals surface area contributed by atoms with Gasteiger partial charge in [-0.3, -0.25) is 0 Å². The van der Waals surface area contributed by atoms with Crippen LogP contribution in [0, 0.1) is 12.7 Å². The zero-order valence-electron chi connectivity index (χ0n) is 15.0. The summed E-state index contributed by atoms with van der Waals surface area (Å²) >= 11 is 1.75. The monoisotopic (exact) mass is 371 g/mol. The van der Waals surface area contributed by atoms with Gasteiger partial charge in [-0.2, -0.15) is 0 Å². The van der Waals surface area contributed by atoms with Crippen molar-refractivity contribution in [3.63, 3.8) is 0 Å². The molecular weight excluding hydrogens is 349 g/mol. The standard InChI is InChI=1S/C21H22FNO2S/c1-4-11-25-21(24)17-7-10-19(14(2)12-17)23-15(3)13-26-20(23)16-5-8-18(22)9-6-16/h5-10,12,20H,3-4,11,13H2,1-2H3. The number of esters is 1. The lowest BCUT2D eigenvalue weighted by Gasteiger charge is -2.28. The van der Waals surface area contributed by atoms with Crippen LogP contribution in [-0.4, -0.2) is 18.3 Å². The predicted octanol–water partition coefficient (Wildman–Crippen LogP) is 5.47. The van der Waals surface area contributed by atoms with Crippen molar-refractivity contribution >= 4 is 23.4 Å². The van der Waals surface area contributed by atoms with E-state index in [-0.39, 0.29) is 17.2 Å². The van der Waals surface area contributed by atoms with Crippen LogP contribution < -0.4 is 4.90 Å². The minimum absolute atomic E-state index is 0.0414. The number of anilines is 1. The highest BCUT2D eigenvalue weighted by atomic mass is 32.2. The molecule has 0 aliphatic carbocycles. The van der Waals surface area contributed by atoms with Gasteiger partial charge in [0.05, 0.1) is 12.2 Å². The van der Waals surface area contributed by atoms with E-state index >= 15 is 0 Å². The van der Waals surface area contributed by atoms with E-state index in [0.29, 0.717) is 12.2 Å². The van der Waals surface area contributed by atoms with Crippen LogP contribution in [0.15, 0.2) is 54.7 Å². The fraction of sp³-hybridized carbons (Fsp3) is 0.286. The number of carbonyl (C=O) groups is 1. The first-order chi connectivity index (χ1) is 12.5. The molecule has 0 N–H and O–H groups in total. The maximum atomic E-state index is 13.3. The molecule has 1 saturated heterocycles. The van der Waals surface area contributed by atoms with Crippen molar-refractivity contribution in [1.29, 1.82) is 0 Å². The van der Waals surface area contributed by atoms with Crippen molar-refractivity contribution in [2.75, 3.05) is 17.3 Å². The summed E-state index contributed by atoms with van der Waals surface area (Å²) in [6, 6.07) is 12.2. The van der Waals surface area contributed by atoms with Gasteiger partial charge in [0.1, 0.15) is 11.2 Å². The lowest BCUT2D eigenvalue weighted by atomic mass is 10.1.